The molecule has 28 heavy (non-hydrogen) atoms. The highest BCUT2D eigenvalue weighted by molar-refractivity contribution is 7.17. The van der Waals surface area contributed by atoms with E-state index < -0.39 is 12.3 Å². The number of halogens is 2. The normalized spacial score (nSPS) is 23.6. The minimum Gasteiger partial charge on any atom is -0.347 e. The summed E-state index contributed by atoms with van der Waals surface area (Å²) in [5.74, 6) is -0.910. The molecule has 1 aromatic carbocycles. The van der Waals surface area contributed by atoms with Crippen LogP contribution in [0.4, 0.5) is 14.5 Å². The molecule has 0 saturated carbocycles. The van der Waals surface area contributed by atoms with Crippen molar-refractivity contribution in [3.8, 4) is 10.4 Å². The molecule has 5 rings (SSSR count). The minimum absolute atomic E-state index is 0.107. The predicted octanol–water partition coefficient (Wildman–Crippen LogP) is 3.44. The van der Waals surface area contributed by atoms with Gasteiger partial charge in [-0.05, 0) is 50.0 Å². The molecule has 2 N–H and O–H groups in total. The van der Waals surface area contributed by atoms with Crippen LogP contribution in [0.25, 0.3) is 10.4 Å². The number of fused-ring (bicyclic) bond motifs is 3. The van der Waals surface area contributed by atoms with Crippen LogP contribution in [0.3, 0.4) is 0 Å². The fourth-order valence-electron chi connectivity index (χ4n) is 3.97. The van der Waals surface area contributed by atoms with Gasteiger partial charge in [-0.3, -0.25) is 9.59 Å². The van der Waals surface area contributed by atoms with E-state index >= 15 is 0 Å². The molecule has 5 nitrogen and oxygen atoms in total. The maximum absolute atomic E-state index is 12.7. The third-order valence-corrected chi connectivity index (χ3v) is 6.57. The molecule has 8 heteroatoms. The number of carbonyl (C=O) groups excluding carboxylic acids is 2. The van der Waals surface area contributed by atoms with E-state index in [0.29, 0.717) is 22.0 Å². The lowest BCUT2D eigenvalue weighted by atomic mass is 9.84. The molecule has 2 amide bonds. The Morgan fingerprint density at radius 1 is 1.11 bits per heavy atom. The number of hydrogen-bond donors (Lipinski definition) is 2. The molecular formula is C20H21F2N3O2S. The highest BCUT2D eigenvalue weighted by atomic mass is 32.1. The van der Waals surface area contributed by atoms with E-state index in [2.05, 4.69) is 15.5 Å². The standard InChI is InChI=1S/C20H21F2N3O2S/c21-18(22)20(27)23-14-4-2-1-3-13(14)16-5-6-17(28-16)19(26)24-15-11-25-9-7-12(15)8-10-25/h1-6,12,15,18H,7-11H2,(H,23,27)(H,24,26)/t15-/m0/s1. The van der Waals surface area contributed by atoms with Crippen molar-refractivity contribution in [2.75, 3.05) is 25.0 Å². The van der Waals surface area contributed by atoms with Crippen molar-refractivity contribution in [1.29, 1.82) is 0 Å². The molecule has 3 aliphatic rings. The first-order valence-electron chi connectivity index (χ1n) is 9.33. The summed E-state index contributed by atoms with van der Waals surface area (Å²) in [6.07, 6.45) is -0.838. The number of nitrogens with one attached hydrogen (secondary N) is 2. The zero-order chi connectivity index (χ0) is 19.7. The average Bonchev–Trinajstić information content (AvgIpc) is 3.19. The lowest BCUT2D eigenvalue weighted by molar-refractivity contribution is -0.126. The van der Waals surface area contributed by atoms with Gasteiger partial charge in [0.2, 0.25) is 0 Å². The van der Waals surface area contributed by atoms with E-state index in [1.54, 1.807) is 36.4 Å². The highest BCUT2D eigenvalue weighted by Crippen LogP contribution is 2.34. The third-order valence-electron chi connectivity index (χ3n) is 5.45. The van der Waals surface area contributed by atoms with Crippen molar-refractivity contribution < 1.29 is 18.4 Å². The maximum Gasteiger partial charge on any atom is 0.315 e. The number of benzene rings is 1. The Bertz CT molecular complexity index is 878. The molecule has 2 bridgehead atoms. The van der Waals surface area contributed by atoms with Gasteiger partial charge in [0.25, 0.3) is 11.8 Å². The van der Waals surface area contributed by atoms with Crippen LogP contribution in [0.2, 0.25) is 0 Å². The van der Waals surface area contributed by atoms with Gasteiger partial charge in [-0.1, -0.05) is 18.2 Å². The van der Waals surface area contributed by atoms with Gasteiger partial charge in [0.15, 0.2) is 0 Å². The number of amides is 2. The van der Waals surface area contributed by atoms with Crippen LogP contribution in [0.5, 0.6) is 0 Å². The Hall–Kier alpha value is -2.32. The molecule has 2 aromatic rings. The molecule has 0 radical (unpaired) electrons. The summed E-state index contributed by atoms with van der Waals surface area (Å²) in [6.45, 7) is 3.12. The fourth-order valence-corrected chi connectivity index (χ4v) is 4.92. The van der Waals surface area contributed by atoms with Gasteiger partial charge in [-0.2, -0.15) is 8.78 Å². The summed E-state index contributed by atoms with van der Waals surface area (Å²) in [5.41, 5.74) is 0.919. The Labute approximate surface area is 165 Å². The second-order valence-electron chi connectivity index (χ2n) is 7.22. The molecular weight excluding hydrogens is 384 g/mol. The summed E-state index contributed by atoms with van der Waals surface area (Å²) >= 11 is 1.29. The number of alkyl halides is 2. The van der Waals surface area contributed by atoms with Gasteiger partial charge >= 0.3 is 6.43 Å². The van der Waals surface area contributed by atoms with Crippen LogP contribution in [0.1, 0.15) is 22.5 Å². The van der Waals surface area contributed by atoms with E-state index in [4.69, 9.17) is 0 Å². The summed E-state index contributed by atoms with van der Waals surface area (Å²) in [6, 6.07) is 10.4. The maximum atomic E-state index is 12.7. The zero-order valence-electron chi connectivity index (χ0n) is 15.2. The van der Waals surface area contributed by atoms with Crippen molar-refractivity contribution in [3.05, 3.63) is 41.3 Å². The van der Waals surface area contributed by atoms with Crippen molar-refractivity contribution in [2.45, 2.75) is 25.3 Å². The monoisotopic (exact) mass is 405 g/mol. The Balaban J connectivity index is 1.49. The molecule has 0 unspecified atom stereocenters. The predicted molar refractivity (Wildman–Crippen MR) is 105 cm³/mol. The average molecular weight is 405 g/mol. The minimum atomic E-state index is -3.08. The molecule has 3 saturated heterocycles. The van der Waals surface area contributed by atoms with Crippen LogP contribution < -0.4 is 10.6 Å². The molecule has 3 fully saturated rings. The van der Waals surface area contributed by atoms with E-state index in [-0.39, 0.29) is 11.9 Å². The molecule has 0 spiro atoms. The summed E-state index contributed by atoms with van der Waals surface area (Å²) in [5, 5.41) is 5.40. The third kappa shape index (κ3) is 3.93. The van der Waals surface area contributed by atoms with Crippen molar-refractivity contribution in [1.82, 2.24) is 10.2 Å². The number of anilines is 1. The largest absolute Gasteiger partial charge is 0.347 e. The van der Waals surface area contributed by atoms with Crippen LogP contribution >= 0.6 is 11.3 Å². The molecule has 4 heterocycles. The van der Waals surface area contributed by atoms with Crippen LogP contribution in [-0.4, -0.2) is 48.8 Å². The summed E-state index contributed by atoms with van der Waals surface area (Å²) < 4.78 is 25.2. The molecule has 1 aromatic heterocycles. The first-order valence-corrected chi connectivity index (χ1v) is 10.1. The fraction of sp³-hybridized carbons (Fsp3) is 0.400. The van der Waals surface area contributed by atoms with Gasteiger partial charge in [0.05, 0.1) is 4.88 Å². The topological polar surface area (TPSA) is 61.4 Å². The second-order valence-corrected chi connectivity index (χ2v) is 8.30. The number of rotatable bonds is 5. The smallest absolute Gasteiger partial charge is 0.315 e. The second kappa shape index (κ2) is 7.97. The van der Waals surface area contributed by atoms with Gasteiger partial charge in [0.1, 0.15) is 0 Å². The Morgan fingerprint density at radius 2 is 1.86 bits per heavy atom. The first-order chi connectivity index (χ1) is 13.5. The highest BCUT2D eigenvalue weighted by Gasteiger charge is 2.35. The van der Waals surface area contributed by atoms with Crippen molar-refractivity contribution >= 4 is 28.8 Å². The lowest BCUT2D eigenvalue weighted by Crippen LogP contribution is -2.57. The van der Waals surface area contributed by atoms with Crippen LogP contribution in [0, 0.1) is 5.92 Å². The Kier molecular flexibility index (Phi) is 5.41. The Morgan fingerprint density at radius 3 is 2.54 bits per heavy atom. The van der Waals surface area contributed by atoms with E-state index in [1.807, 2.05) is 0 Å². The quantitative estimate of drug-likeness (QED) is 0.801. The molecule has 3 aliphatic heterocycles. The van der Waals surface area contributed by atoms with Gasteiger partial charge in [-0.25, -0.2) is 0 Å². The summed E-state index contributed by atoms with van der Waals surface area (Å²) in [4.78, 5) is 27.8. The number of thiophene rings is 1. The van der Waals surface area contributed by atoms with Crippen LogP contribution in [0.15, 0.2) is 36.4 Å². The van der Waals surface area contributed by atoms with E-state index in [1.165, 1.54) is 11.3 Å². The molecule has 148 valence electrons. The van der Waals surface area contributed by atoms with Gasteiger partial charge in [-0.15, -0.1) is 11.3 Å². The number of para-hydroxylation sites is 1. The number of piperidine rings is 3. The lowest BCUT2D eigenvalue weighted by Gasteiger charge is -2.44. The number of carbonyl (C=O) groups is 2. The number of hydrogen-bond acceptors (Lipinski definition) is 4. The van der Waals surface area contributed by atoms with Crippen molar-refractivity contribution in [2.24, 2.45) is 5.92 Å². The van der Waals surface area contributed by atoms with E-state index in [0.717, 1.165) is 37.4 Å². The van der Waals surface area contributed by atoms with E-state index in [9.17, 15) is 18.4 Å². The van der Waals surface area contributed by atoms with Gasteiger partial charge < -0.3 is 15.5 Å². The number of nitrogens with zero attached hydrogens (tertiary/aromatic N) is 1. The zero-order valence-corrected chi connectivity index (χ0v) is 16.0. The summed E-state index contributed by atoms with van der Waals surface area (Å²) in [7, 11) is 0. The first kappa shape index (κ1) is 19.0. The van der Waals surface area contributed by atoms with Crippen molar-refractivity contribution in [3.63, 3.8) is 0 Å². The van der Waals surface area contributed by atoms with Crippen LogP contribution in [-0.2, 0) is 4.79 Å². The molecule has 0 aliphatic carbocycles. The SMILES string of the molecule is O=C(N[C@H]1CN2CCC1CC2)c1ccc(-c2ccccc2NC(=O)C(F)F)s1. The van der Waals surface area contributed by atoms with Gasteiger partial charge in [0, 0.05) is 28.7 Å². The molecule has 1 atom stereocenters.